The van der Waals surface area contributed by atoms with Crippen LogP contribution in [-0.2, 0) is 18.3 Å². The fraction of sp³-hybridized carbons (Fsp3) is 0.750. The maximum Gasteiger partial charge on any atom is 0.0726 e. The van der Waals surface area contributed by atoms with Gasteiger partial charge in [-0.05, 0) is 26.7 Å². The fourth-order valence-corrected chi connectivity index (χ4v) is 2.22. The molecule has 2 unspecified atom stereocenters. The Morgan fingerprint density at radius 2 is 2.50 bits per heavy atom. The molecule has 4 heteroatoms. The molecule has 0 radical (unpaired) electrons. The molecule has 1 fully saturated rings. The van der Waals surface area contributed by atoms with E-state index in [-0.39, 0.29) is 0 Å². The molecular weight excluding hydrogens is 202 g/mol. The van der Waals surface area contributed by atoms with Gasteiger partial charge in [0.15, 0.2) is 0 Å². The zero-order chi connectivity index (χ0) is 11.5. The Bertz CT molecular complexity index is 342. The van der Waals surface area contributed by atoms with E-state index >= 15 is 0 Å². The second-order valence-corrected chi connectivity index (χ2v) is 4.63. The molecule has 2 atom stereocenters. The van der Waals surface area contributed by atoms with Gasteiger partial charge < -0.3 is 10.1 Å². The lowest BCUT2D eigenvalue weighted by Crippen LogP contribution is -2.36. The summed E-state index contributed by atoms with van der Waals surface area (Å²) in [5.41, 5.74) is 2.38. The van der Waals surface area contributed by atoms with Crippen molar-refractivity contribution in [3.63, 3.8) is 0 Å². The van der Waals surface area contributed by atoms with Crippen LogP contribution in [0.2, 0.25) is 0 Å². The molecule has 16 heavy (non-hydrogen) atoms. The molecule has 2 heterocycles. The van der Waals surface area contributed by atoms with Crippen LogP contribution in [0.5, 0.6) is 0 Å². The first-order valence-electron chi connectivity index (χ1n) is 6.01. The number of ether oxygens (including phenoxy) is 1. The van der Waals surface area contributed by atoms with Crippen molar-refractivity contribution in [2.45, 2.75) is 45.4 Å². The summed E-state index contributed by atoms with van der Waals surface area (Å²) in [6, 6.07) is 0.419. The zero-order valence-electron chi connectivity index (χ0n) is 10.4. The number of hydrogen-bond donors (Lipinski definition) is 1. The highest BCUT2D eigenvalue weighted by Gasteiger charge is 2.21. The molecule has 0 spiro atoms. The number of hydrogen-bond acceptors (Lipinski definition) is 3. The molecule has 0 saturated carbocycles. The molecule has 0 bridgehead atoms. The van der Waals surface area contributed by atoms with Crippen molar-refractivity contribution in [3.8, 4) is 0 Å². The van der Waals surface area contributed by atoms with E-state index in [2.05, 4.69) is 23.5 Å². The Kier molecular flexibility index (Phi) is 3.61. The Labute approximate surface area is 97.0 Å². The molecule has 0 amide bonds. The van der Waals surface area contributed by atoms with E-state index in [4.69, 9.17) is 4.74 Å². The summed E-state index contributed by atoms with van der Waals surface area (Å²) in [5.74, 6) is 0. The smallest absolute Gasteiger partial charge is 0.0726 e. The molecule has 0 aromatic carbocycles. The van der Waals surface area contributed by atoms with Gasteiger partial charge in [-0.2, -0.15) is 5.10 Å². The Morgan fingerprint density at radius 3 is 3.06 bits per heavy atom. The van der Waals surface area contributed by atoms with Gasteiger partial charge in [-0.3, -0.25) is 4.68 Å². The van der Waals surface area contributed by atoms with Crippen LogP contribution in [0.4, 0.5) is 0 Å². The summed E-state index contributed by atoms with van der Waals surface area (Å²) in [6.45, 7) is 6.04. The monoisotopic (exact) mass is 223 g/mol. The van der Waals surface area contributed by atoms with Gasteiger partial charge in [-0.15, -0.1) is 0 Å². The van der Waals surface area contributed by atoms with Crippen molar-refractivity contribution < 1.29 is 4.74 Å². The number of aryl methyl sites for hydroxylation is 2. The average Bonchev–Trinajstić information content (AvgIpc) is 2.84. The van der Waals surface area contributed by atoms with Crippen LogP contribution in [0.3, 0.4) is 0 Å². The quantitative estimate of drug-likeness (QED) is 0.838. The minimum Gasteiger partial charge on any atom is -0.377 e. The number of aromatic nitrogens is 2. The minimum absolute atomic E-state index is 0.386. The number of nitrogens with zero attached hydrogens (tertiary/aromatic N) is 2. The molecule has 4 nitrogen and oxygen atoms in total. The van der Waals surface area contributed by atoms with E-state index in [0.29, 0.717) is 12.1 Å². The van der Waals surface area contributed by atoms with Crippen LogP contribution in [-0.4, -0.2) is 28.5 Å². The van der Waals surface area contributed by atoms with Crippen LogP contribution in [0.15, 0.2) is 6.20 Å². The molecule has 1 aliphatic rings. The maximum absolute atomic E-state index is 5.66. The highest BCUT2D eigenvalue weighted by molar-refractivity contribution is 5.14. The standard InChI is InChI=1S/C12H21N3O/c1-9-11(8-15(3)14-9)7-13-10(2)12-5-4-6-16-12/h8,10,12-13H,4-7H2,1-3H3. The second-order valence-electron chi connectivity index (χ2n) is 4.63. The summed E-state index contributed by atoms with van der Waals surface area (Å²) in [4.78, 5) is 0. The highest BCUT2D eigenvalue weighted by Crippen LogP contribution is 2.16. The average molecular weight is 223 g/mol. The molecule has 1 aromatic heterocycles. The largest absolute Gasteiger partial charge is 0.377 e. The predicted molar refractivity (Wildman–Crippen MR) is 63.2 cm³/mol. The van der Waals surface area contributed by atoms with Gasteiger partial charge in [0.2, 0.25) is 0 Å². The summed E-state index contributed by atoms with van der Waals surface area (Å²) >= 11 is 0. The first-order valence-corrected chi connectivity index (χ1v) is 6.01. The SMILES string of the molecule is Cc1nn(C)cc1CNC(C)C1CCCO1. The third kappa shape index (κ3) is 2.62. The van der Waals surface area contributed by atoms with Crippen molar-refractivity contribution in [3.05, 3.63) is 17.5 Å². The van der Waals surface area contributed by atoms with E-state index in [0.717, 1.165) is 18.8 Å². The molecule has 0 aliphatic carbocycles. The van der Waals surface area contributed by atoms with Gasteiger partial charge in [-0.1, -0.05) is 0 Å². The van der Waals surface area contributed by atoms with Crippen LogP contribution in [0, 0.1) is 6.92 Å². The van der Waals surface area contributed by atoms with Crippen molar-refractivity contribution >= 4 is 0 Å². The molecule has 1 aromatic rings. The molecule has 1 saturated heterocycles. The fourth-order valence-electron chi connectivity index (χ4n) is 2.22. The lowest BCUT2D eigenvalue weighted by molar-refractivity contribution is 0.0832. The van der Waals surface area contributed by atoms with Crippen LogP contribution >= 0.6 is 0 Å². The van der Waals surface area contributed by atoms with Crippen LogP contribution in [0.25, 0.3) is 0 Å². The first kappa shape index (κ1) is 11.6. The summed E-state index contributed by atoms with van der Waals surface area (Å²) < 4.78 is 7.52. The van der Waals surface area contributed by atoms with Gasteiger partial charge in [0.05, 0.1) is 11.8 Å². The normalized spacial score (nSPS) is 22.6. The summed E-state index contributed by atoms with van der Waals surface area (Å²) in [6.07, 6.45) is 4.84. The van der Waals surface area contributed by atoms with Crippen LogP contribution in [0.1, 0.15) is 31.0 Å². The maximum atomic E-state index is 5.66. The molecule has 1 N–H and O–H groups in total. The highest BCUT2D eigenvalue weighted by atomic mass is 16.5. The Morgan fingerprint density at radius 1 is 1.69 bits per heavy atom. The summed E-state index contributed by atoms with van der Waals surface area (Å²) in [5, 5.41) is 7.85. The van der Waals surface area contributed by atoms with Gasteiger partial charge in [-0.25, -0.2) is 0 Å². The van der Waals surface area contributed by atoms with E-state index in [1.807, 2.05) is 18.7 Å². The number of rotatable bonds is 4. The molecule has 1 aliphatic heterocycles. The van der Waals surface area contributed by atoms with Gasteiger partial charge in [0, 0.05) is 38.0 Å². The minimum atomic E-state index is 0.386. The van der Waals surface area contributed by atoms with E-state index in [1.165, 1.54) is 18.4 Å². The van der Waals surface area contributed by atoms with Crippen molar-refractivity contribution in [1.29, 1.82) is 0 Å². The topological polar surface area (TPSA) is 39.1 Å². The zero-order valence-corrected chi connectivity index (χ0v) is 10.4. The second kappa shape index (κ2) is 4.97. The van der Waals surface area contributed by atoms with Crippen molar-refractivity contribution in [2.24, 2.45) is 7.05 Å². The van der Waals surface area contributed by atoms with Gasteiger partial charge in [0.1, 0.15) is 0 Å². The van der Waals surface area contributed by atoms with Crippen molar-refractivity contribution in [1.82, 2.24) is 15.1 Å². The molecule has 90 valence electrons. The van der Waals surface area contributed by atoms with E-state index < -0.39 is 0 Å². The van der Waals surface area contributed by atoms with E-state index in [1.54, 1.807) is 0 Å². The van der Waals surface area contributed by atoms with Gasteiger partial charge in [0.25, 0.3) is 0 Å². The molecule has 2 rings (SSSR count). The third-order valence-corrected chi connectivity index (χ3v) is 3.25. The Balaban J connectivity index is 1.84. The first-order chi connectivity index (χ1) is 7.66. The lowest BCUT2D eigenvalue weighted by Gasteiger charge is -2.19. The van der Waals surface area contributed by atoms with E-state index in [9.17, 15) is 0 Å². The van der Waals surface area contributed by atoms with Crippen molar-refractivity contribution in [2.75, 3.05) is 6.61 Å². The predicted octanol–water partition coefficient (Wildman–Crippen LogP) is 1.39. The summed E-state index contributed by atoms with van der Waals surface area (Å²) in [7, 11) is 1.96. The van der Waals surface area contributed by atoms with Gasteiger partial charge >= 0.3 is 0 Å². The molecular formula is C12H21N3O. The van der Waals surface area contributed by atoms with Crippen LogP contribution < -0.4 is 5.32 Å². The third-order valence-electron chi connectivity index (χ3n) is 3.25. The number of nitrogens with one attached hydrogen (secondary N) is 1. The lowest BCUT2D eigenvalue weighted by atomic mass is 10.1. The Hall–Kier alpha value is -0.870.